The molecular formula is C13H18ClNO2S. The number of thioether (sulfide) groups is 1. The molecule has 1 rings (SSSR count). The fourth-order valence-electron chi connectivity index (χ4n) is 1.58. The number of rotatable bonds is 8. The molecule has 0 radical (unpaired) electrons. The number of carboxylic acid groups (broad SMARTS) is 1. The van der Waals surface area contributed by atoms with Crippen LogP contribution in [0.1, 0.15) is 29.6 Å². The number of carboxylic acids is 1. The number of anilines is 1. The third-order valence-corrected chi connectivity index (χ3v) is 3.56. The van der Waals surface area contributed by atoms with Gasteiger partial charge in [-0.2, -0.15) is 11.8 Å². The van der Waals surface area contributed by atoms with Gasteiger partial charge in [-0.25, -0.2) is 4.79 Å². The highest BCUT2D eigenvalue weighted by atomic mass is 35.5. The van der Waals surface area contributed by atoms with Gasteiger partial charge >= 0.3 is 5.97 Å². The molecule has 0 aromatic heterocycles. The molecule has 0 saturated carbocycles. The van der Waals surface area contributed by atoms with Gasteiger partial charge in [-0.05, 0) is 43.0 Å². The first kappa shape index (κ1) is 15.2. The molecule has 0 bridgehead atoms. The standard InChI is InChI=1S/C13H18ClNO2S/c1-18-8-4-2-3-7-15-10-5-6-11(13(16)17)12(14)9-10/h5-6,9,15H,2-4,7-8H2,1H3,(H,16,17). The number of aromatic carboxylic acids is 1. The third-order valence-electron chi connectivity index (χ3n) is 2.55. The van der Waals surface area contributed by atoms with Crippen molar-refractivity contribution in [3.63, 3.8) is 0 Å². The number of carbonyl (C=O) groups is 1. The van der Waals surface area contributed by atoms with E-state index in [4.69, 9.17) is 16.7 Å². The van der Waals surface area contributed by atoms with E-state index in [1.165, 1.54) is 24.7 Å². The first-order chi connectivity index (χ1) is 8.65. The first-order valence-corrected chi connectivity index (χ1v) is 7.68. The topological polar surface area (TPSA) is 49.3 Å². The molecule has 0 amide bonds. The number of hydrogen-bond acceptors (Lipinski definition) is 3. The van der Waals surface area contributed by atoms with E-state index in [9.17, 15) is 4.79 Å². The van der Waals surface area contributed by atoms with E-state index in [1.54, 1.807) is 12.1 Å². The highest BCUT2D eigenvalue weighted by Gasteiger charge is 2.08. The van der Waals surface area contributed by atoms with Gasteiger partial charge in [-0.1, -0.05) is 18.0 Å². The van der Waals surface area contributed by atoms with Gasteiger partial charge in [0.1, 0.15) is 0 Å². The molecule has 0 aliphatic carbocycles. The summed E-state index contributed by atoms with van der Waals surface area (Å²) in [5.74, 6) is 0.211. The minimum Gasteiger partial charge on any atom is -0.478 e. The van der Waals surface area contributed by atoms with E-state index < -0.39 is 5.97 Å². The summed E-state index contributed by atoms with van der Waals surface area (Å²) in [4.78, 5) is 10.8. The second-order valence-electron chi connectivity index (χ2n) is 3.98. The summed E-state index contributed by atoms with van der Waals surface area (Å²) in [6.45, 7) is 0.886. The van der Waals surface area contributed by atoms with Gasteiger partial charge < -0.3 is 10.4 Å². The molecule has 0 aliphatic rings. The fraction of sp³-hybridized carbons (Fsp3) is 0.462. The van der Waals surface area contributed by atoms with Gasteiger partial charge in [0.05, 0.1) is 10.6 Å². The van der Waals surface area contributed by atoms with E-state index >= 15 is 0 Å². The highest BCUT2D eigenvalue weighted by Crippen LogP contribution is 2.21. The van der Waals surface area contributed by atoms with Crippen molar-refractivity contribution < 1.29 is 9.90 Å². The summed E-state index contributed by atoms with van der Waals surface area (Å²) in [5.41, 5.74) is 1.01. The minimum atomic E-state index is -0.997. The fourth-order valence-corrected chi connectivity index (χ4v) is 2.33. The zero-order chi connectivity index (χ0) is 13.4. The summed E-state index contributed by atoms with van der Waals surface area (Å²) in [6, 6.07) is 4.94. The third kappa shape index (κ3) is 5.19. The average molecular weight is 288 g/mol. The minimum absolute atomic E-state index is 0.141. The van der Waals surface area contributed by atoms with Gasteiger partial charge in [-0.15, -0.1) is 0 Å². The summed E-state index contributed by atoms with van der Waals surface area (Å²) < 4.78 is 0. The van der Waals surface area contributed by atoms with E-state index in [0.29, 0.717) is 0 Å². The number of halogens is 1. The molecule has 5 heteroatoms. The van der Waals surface area contributed by atoms with Crippen molar-refractivity contribution in [2.75, 3.05) is 23.9 Å². The van der Waals surface area contributed by atoms with Gasteiger partial charge in [0.25, 0.3) is 0 Å². The van der Waals surface area contributed by atoms with Crippen LogP contribution in [0.15, 0.2) is 18.2 Å². The summed E-state index contributed by atoms with van der Waals surface area (Å²) in [7, 11) is 0. The Hall–Kier alpha value is -0.870. The Labute approximate surface area is 117 Å². The molecule has 2 N–H and O–H groups in total. The van der Waals surface area contributed by atoms with Crippen LogP contribution in [-0.4, -0.2) is 29.6 Å². The number of hydrogen-bond donors (Lipinski definition) is 2. The van der Waals surface area contributed by atoms with Crippen molar-refractivity contribution >= 4 is 35.0 Å². The van der Waals surface area contributed by atoms with Gasteiger partial charge in [-0.3, -0.25) is 0 Å². The molecule has 18 heavy (non-hydrogen) atoms. The van der Waals surface area contributed by atoms with Crippen LogP contribution in [0.3, 0.4) is 0 Å². The molecule has 0 unspecified atom stereocenters. The van der Waals surface area contributed by atoms with Crippen molar-refractivity contribution in [3.05, 3.63) is 28.8 Å². The van der Waals surface area contributed by atoms with Crippen LogP contribution in [-0.2, 0) is 0 Å². The lowest BCUT2D eigenvalue weighted by Gasteiger charge is -2.07. The van der Waals surface area contributed by atoms with Crippen molar-refractivity contribution in [3.8, 4) is 0 Å². The van der Waals surface area contributed by atoms with Crippen molar-refractivity contribution in [1.82, 2.24) is 0 Å². The normalized spacial score (nSPS) is 10.3. The van der Waals surface area contributed by atoms with Crippen LogP contribution < -0.4 is 5.32 Å². The summed E-state index contributed by atoms with van der Waals surface area (Å²) in [5, 5.41) is 12.4. The molecule has 0 fully saturated rings. The van der Waals surface area contributed by atoms with E-state index in [-0.39, 0.29) is 10.6 Å². The lowest BCUT2D eigenvalue weighted by molar-refractivity contribution is 0.0697. The lowest BCUT2D eigenvalue weighted by Crippen LogP contribution is -2.03. The average Bonchev–Trinajstić information content (AvgIpc) is 2.33. The Morgan fingerprint density at radius 2 is 2.17 bits per heavy atom. The van der Waals surface area contributed by atoms with E-state index in [2.05, 4.69) is 11.6 Å². The van der Waals surface area contributed by atoms with Crippen molar-refractivity contribution in [2.45, 2.75) is 19.3 Å². The largest absolute Gasteiger partial charge is 0.478 e. The predicted molar refractivity (Wildman–Crippen MR) is 79.1 cm³/mol. The smallest absolute Gasteiger partial charge is 0.337 e. The molecule has 100 valence electrons. The molecule has 0 saturated heterocycles. The van der Waals surface area contributed by atoms with E-state index in [1.807, 2.05) is 11.8 Å². The van der Waals surface area contributed by atoms with Crippen LogP contribution in [0, 0.1) is 0 Å². The summed E-state index contributed by atoms with van der Waals surface area (Å²) >= 11 is 7.75. The Bertz CT molecular complexity index is 399. The van der Waals surface area contributed by atoms with Crippen molar-refractivity contribution in [1.29, 1.82) is 0 Å². The lowest BCUT2D eigenvalue weighted by atomic mass is 10.2. The molecular weight excluding hydrogens is 270 g/mol. The first-order valence-electron chi connectivity index (χ1n) is 5.91. The number of nitrogens with one attached hydrogen (secondary N) is 1. The Morgan fingerprint density at radius 3 is 2.78 bits per heavy atom. The van der Waals surface area contributed by atoms with Gasteiger partial charge in [0.2, 0.25) is 0 Å². The highest BCUT2D eigenvalue weighted by molar-refractivity contribution is 7.98. The zero-order valence-corrected chi connectivity index (χ0v) is 12.0. The zero-order valence-electron chi connectivity index (χ0n) is 10.4. The predicted octanol–water partition coefficient (Wildman–Crippen LogP) is 3.98. The van der Waals surface area contributed by atoms with Crippen LogP contribution in [0.25, 0.3) is 0 Å². The number of unbranched alkanes of at least 4 members (excludes halogenated alkanes) is 2. The molecule has 0 atom stereocenters. The van der Waals surface area contributed by atoms with Gasteiger partial charge in [0, 0.05) is 12.2 Å². The monoisotopic (exact) mass is 287 g/mol. The molecule has 0 spiro atoms. The maximum Gasteiger partial charge on any atom is 0.337 e. The Kier molecular flexibility index (Phi) is 6.98. The van der Waals surface area contributed by atoms with E-state index in [0.717, 1.165) is 18.7 Å². The SMILES string of the molecule is CSCCCCCNc1ccc(C(=O)O)c(Cl)c1. The van der Waals surface area contributed by atoms with Crippen LogP contribution in [0.5, 0.6) is 0 Å². The van der Waals surface area contributed by atoms with Gasteiger partial charge in [0.15, 0.2) is 0 Å². The van der Waals surface area contributed by atoms with Crippen LogP contribution in [0.4, 0.5) is 5.69 Å². The molecule has 0 heterocycles. The molecule has 1 aromatic carbocycles. The second kappa shape index (κ2) is 8.27. The molecule has 1 aromatic rings. The molecule has 0 aliphatic heterocycles. The Morgan fingerprint density at radius 1 is 1.39 bits per heavy atom. The Balaban J connectivity index is 2.35. The quantitative estimate of drug-likeness (QED) is 0.710. The second-order valence-corrected chi connectivity index (χ2v) is 5.37. The maximum absolute atomic E-state index is 10.8. The molecule has 3 nitrogen and oxygen atoms in total. The van der Waals surface area contributed by atoms with Crippen molar-refractivity contribution in [2.24, 2.45) is 0 Å². The number of benzene rings is 1. The maximum atomic E-state index is 10.8. The van der Waals surface area contributed by atoms with Crippen LogP contribution >= 0.6 is 23.4 Å². The van der Waals surface area contributed by atoms with Crippen LogP contribution in [0.2, 0.25) is 5.02 Å². The summed E-state index contributed by atoms with van der Waals surface area (Å²) in [6.07, 6.45) is 5.67.